The molecule has 1 heterocycles. The average Bonchev–Trinajstić information content (AvgIpc) is 2.65. The van der Waals surface area contributed by atoms with Crippen LogP contribution in [0.4, 0.5) is 5.13 Å². The molecular formula is C8H15N5OS. The first-order chi connectivity index (χ1) is 7.17. The monoisotopic (exact) mass is 229 g/mol. The Morgan fingerprint density at radius 3 is 2.87 bits per heavy atom. The zero-order valence-corrected chi connectivity index (χ0v) is 9.66. The highest BCUT2D eigenvalue weighted by Crippen LogP contribution is 2.16. The molecule has 1 aromatic heterocycles. The van der Waals surface area contributed by atoms with E-state index in [4.69, 9.17) is 10.9 Å². The van der Waals surface area contributed by atoms with Crippen molar-refractivity contribution < 1.29 is 5.21 Å². The van der Waals surface area contributed by atoms with E-state index >= 15 is 0 Å². The van der Waals surface area contributed by atoms with E-state index < -0.39 is 0 Å². The van der Waals surface area contributed by atoms with Gasteiger partial charge in [0.25, 0.3) is 0 Å². The van der Waals surface area contributed by atoms with Gasteiger partial charge >= 0.3 is 0 Å². The third-order valence-corrected chi connectivity index (χ3v) is 2.80. The van der Waals surface area contributed by atoms with E-state index in [1.165, 1.54) is 11.5 Å². The number of aromatic nitrogens is 2. The van der Waals surface area contributed by atoms with Gasteiger partial charge in [-0.15, -0.1) is 0 Å². The minimum Gasteiger partial charge on any atom is -0.409 e. The molecule has 3 N–H and O–H groups in total. The largest absolute Gasteiger partial charge is 0.409 e. The second kappa shape index (κ2) is 5.50. The van der Waals surface area contributed by atoms with Gasteiger partial charge in [0, 0.05) is 31.0 Å². The molecule has 1 aromatic rings. The number of oxime groups is 1. The highest BCUT2D eigenvalue weighted by atomic mass is 32.1. The summed E-state index contributed by atoms with van der Waals surface area (Å²) in [7, 11) is 0. The quantitative estimate of drug-likeness (QED) is 0.337. The molecule has 0 amide bonds. The minimum absolute atomic E-state index is 0.231. The summed E-state index contributed by atoms with van der Waals surface area (Å²) >= 11 is 1.36. The SMILES string of the molecule is CCN(CCC(N)=NO)c1nc(C)ns1. The normalized spacial score (nSPS) is 11.7. The molecule has 0 radical (unpaired) electrons. The number of nitrogens with two attached hydrogens (primary N) is 1. The third-order valence-electron chi connectivity index (χ3n) is 1.94. The second-order valence-electron chi connectivity index (χ2n) is 3.05. The number of hydrogen-bond donors (Lipinski definition) is 2. The highest BCUT2D eigenvalue weighted by Gasteiger charge is 2.09. The lowest BCUT2D eigenvalue weighted by molar-refractivity contribution is 0.317. The predicted octanol–water partition coefficient (Wildman–Crippen LogP) is 0.809. The molecule has 0 fully saturated rings. The first-order valence-corrected chi connectivity index (χ1v) is 5.46. The smallest absolute Gasteiger partial charge is 0.205 e. The number of aryl methyl sites for hydroxylation is 1. The van der Waals surface area contributed by atoms with Gasteiger partial charge < -0.3 is 15.8 Å². The van der Waals surface area contributed by atoms with E-state index in [2.05, 4.69) is 14.5 Å². The van der Waals surface area contributed by atoms with Crippen molar-refractivity contribution in [2.24, 2.45) is 10.9 Å². The van der Waals surface area contributed by atoms with E-state index in [0.717, 1.165) is 17.5 Å². The fourth-order valence-electron chi connectivity index (χ4n) is 1.10. The van der Waals surface area contributed by atoms with Gasteiger partial charge in [0.1, 0.15) is 11.7 Å². The maximum atomic E-state index is 8.41. The van der Waals surface area contributed by atoms with Crippen molar-refractivity contribution in [3.63, 3.8) is 0 Å². The van der Waals surface area contributed by atoms with Gasteiger partial charge in [-0.3, -0.25) is 0 Å². The number of amidine groups is 1. The van der Waals surface area contributed by atoms with Crippen LogP contribution in [0, 0.1) is 6.92 Å². The van der Waals surface area contributed by atoms with Crippen LogP contribution in [0.5, 0.6) is 0 Å². The van der Waals surface area contributed by atoms with Crippen molar-refractivity contribution in [2.45, 2.75) is 20.3 Å². The molecule has 0 bridgehead atoms. The van der Waals surface area contributed by atoms with Crippen LogP contribution in [0.25, 0.3) is 0 Å². The molecule has 1 rings (SSSR count). The first-order valence-electron chi connectivity index (χ1n) is 4.69. The average molecular weight is 229 g/mol. The van der Waals surface area contributed by atoms with Crippen molar-refractivity contribution in [1.29, 1.82) is 0 Å². The molecule has 0 aromatic carbocycles. The summed E-state index contributed by atoms with van der Waals surface area (Å²) in [5.41, 5.74) is 5.40. The van der Waals surface area contributed by atoms with Gasteiger partial charge in [-0.1, -0.05) is 5.16 Å². The van der Waals surface area contributed by atoms with Crippen LogP contribution in [0.15, 0.2) is 5.16 Å². The summed E-state index contributed by atoms with van der Waals surface area (Å²) in [6.07, 6.45) is 0.517. The Labute approximate surface area is 92.6 Å². The van der Waals surface area contributed by atoms with Gasteiger partial charge in [0.2, 0.25) is 5.13 Å². The lowest BCUT2D eigenvalue weighted by Crippen LogP contribution is -2.27. The standard InChI is InChI=1S/C8H15N5OS/c1-3-13(5-4-7(9)11-14)8-10-6(2)12-15-8/h14H,3-5H2,1-2H3,(H2,9,11). The fourth-order valence-corrected chi connectivity index (χ4v) is 1.87. The van der Waals surface area contributed by atoms with Crippen molar-refractivity contribution in [3.05, 3.63) is 5.82 Å². The molecule has 0 unspecified atom stereocenters. The number of nitrogens with zero attached hydrogens (tertiary/aromatic N) is 4. The van der Waals surface area contributed by atoms with Crippen molar-refractivity contribution in [2.75, 3.05) is 18.0 Å². The Balaban J connectivity index is 2.57. The topological polar surface area (TPSA) is 87.6 Å². The number of anilines is 1. The zero-order valence-electron chi connectivity index (χ0n) is 8.84. The van der Waals surface area contributed by atoms with Crippen LogP contribution in [0.3, 0.4) is 0 Å². The lowest BCUT2D eigenvalue weighted by Gasteiger charge is -2.18. The molecule has 0 aliphatic heterocycles. The second-order valence-corrected chi connectivity index (χ2v) is 3.78. The summed E-state index contributed by atoms with van der Waals surface area (Å²) in [6.45, 7) is 5.40. The molecule has 0 saturated carbocycles. The van der Waals surface area contributed by atoms with E-state index in [1.54, 1.807) is 0 Å². The Hall–Kier alpha value is -1.37. The maximum Gasteiger partial charge on any atom is 0.205 e. The zero-order chi connectivity index (χ0) is 11.3. The molecule has 0 atom stereocenters. The van der Waals surface area contributed by atoms with E-state index in [0.29, 0.717) is 13.0 Å². The van der Waals surface area contributed by atoms with Crippen LogP contribution in [-0.4, -0.2) is 33.5 Å². The molecule has 7 heteroatoms. The summed E-state index contributed by atoms with van der Waals surface area (Å²) in [5, 5.41) is 12.2. The van der Waals surface area contributed by atoms with Gasteiger partial charge in [-0.25, -0.2) is 4.98 Å². The Kier molecular flexibility index (Phi) is 4.29. The molecular weight excluding hydrogens is 214 g/mol. The highest BCUT2D eigenvalue weighted by molar-refractivity contribution is 7.09. The van der Waals surface area contributed by atoms with Gasteiger partial charge in [-0.05, 0) is 13.8 Å². The summed E-state index contributed by atoms with van der Waals surface area (Å²) < 4.78 is 4.11. The molecule has 0 aliphatic rings. The molecule has 84 valence electrons. The molecule has 0 spiro atoms. The molecule has 0 saturated heterocycles. The molecule has 0 aliphatic carbocycles. The van der Waals surface area contributed by atoms with Crippen LogP contribution in [-0.2, 0) is 0 Å². The summed E-state index contributed by atoms with van der Waals surface area (Å²) in [4.78, 5) is 6.32. The number of hydrogen-bond acceptors (Lipinski definition) is 6. The van der Waals surface area contributed by atoms with Crippen LogP contribution in [0.2, 0.25) is 0 Å². The van der Waals surface area contributed by atoms with Crippen molar-refractivity contribution in [3.8, 4) is 0 Å². The number of rotatable bonds is 5. The first kappa shape index (κ1) is 11.7. The van der Waals surface area contributed by atoms with Crippen LogP contribution in [0.1, 0.15) is 19.2 Å². The van der Waals surface area contributed by atoms with Crippen molar-refractivity contribution >= 4 is 22.5 Å². The van der Waals surface area contributed by atoms with Gasteiger partial charge in [0.05, 0.1) is 0 Å². The lowest BCUT2D eigenvalue weighted by atomic mass is 10.3. The van der Waals surface area contributed by atoms with E-state index in [9.17, 15) is 0 Å². The predicted molar refractivity (Wildman–Crippen MR) is 60.6 cm³/mol. The summed E-state index contributed by atoms with van der Waals surface area (Å²) in [5.74, 6) is 1.01. The Morgan fingerprint density at radius 2 is 2.40 bits per heavy atom. The van der Waals surface area contributed by atoms with Gasteiger partial charge in [-0.2, -0.15) is 4.37 Å². The Morgan fingerprint density at radius 1 is 1.67 bits per heavy atom. The Bertz CT molecular complexity index is 338. The third kappa shape index (κ3) is 3.35. The summed E-state index contributed by atoms with van der Waals surface area (Å²) in [6, 6.07) is 0. The molecule has 6 nitrogen and oxygen atoms in total. The maximum absolute atomic E-state index is 8.41. The van der Waals surface area contributed by atoms with E-state index in [-0.39, 0.29) is 5.84 Å². The van der Waals surface area contributed by atoms with Gasteiger partial charge in [0.15, 0.2) is 0 Å². The van der Waals surface area contributed by atoms with Crippen molar-refractivity contribution in [1.82, 2.24) is 9.36 Å². The van der Waals surface area contributed by atoms with Crippen LogP contribution < -0.4 is 10.6 Å². The molecule has 15 heavy (non-hydrogen) atoms. The van der Waals surface area contributed by atoms with E-state index in [1.807, 2.05) is 18.7 Å². The van der Waals surface area contributed by atoms with Crippen LogP contribution >= 0.6 is 11.5 Å². The fraction of sp³-hybridized carbons (Fsp3) is 0.625. The minimum atomic E-state index is 0.231.